The fraction of sp³-hybridized carbons (Fsp3) is 0. The molecule has 0 bridgehead atoms. The van der Waals surface area contributed by atoms with E-state index in [2.05, 4.69) is 4.72 Å². The topological polar surface area (TPSA) is 55.2 Å². The van der Waals surface area contributed by atoms with Crippen LogP contribution in [0.2, 0.25) is 15.1 Å². The molecule has 1 N–H and O–H groups in total. The number of benzene rings is 2. The number of hydrogen-bond donors (Lipinski definition) is 1. The molecule has 0 aliphatic heterocycles. The summed E-state index contributed by atoms with van der Waals surface area (Å²) < 4.78 is 2.88. The first-order chi connectivity index (χ1) is 9.49. The summed E-state index contributed by atoms with van der Waals surface area (Å²) in [7, 11) is 0. The standard InChI is InChI=1S/C12H7Cl3N2O2S/c13-7-5-8(14)12(9(15)6-7)20-16-10-3-1-2-4-11(10)17(18)19/h1-6,16H. The Balaban J connectivity index is 2.24. The molecule has 20 heavy (non-hydrogen) atoms. The lowest BCUT2D eigenvalue weighted by Crippen LogP contribution is -1.95. The van der Waals surface area contributed by atoms with Gasteiger partial charge in [-0.2, -0.15) is 0 Å². The van der Waals surface area contributed by atoms with Gasteiger partial charge in [0, 0.05) is 11.1 Å². The number of nitro benzene ring substituents is 1. The SMILES string of the molecule is O=[N+]([O-])c1ccccc1NSc1c(Cl)cc(Cl)cc1Cl. The summed E-state index contributed by atoms with van der Waals surface area (Å²) in [5, 5.41) is 12.1. The Morgan fingerprint density at radius 3 is 2.30 bits per heavy atom. The van der Waals surface area contributed by atoms with E-state index in [4.69, 9.17) is 34.8 Å². The van der Waals surface area contributed by atoms with Gasteiger partial charge in [0.05, 0.1) is 19.9 Å². The van der Waals surface area contributed by atoms with Crippen molar-refractivity contribution in [2.45, 2.75) is 4.90 Å². The highest BCUT2D eigenvalue weighted by atomic mass is 35.5. The molecule has 0 radical (unpaired) electrons. The van der Waals surface area contributed by atoms with Crippen molar-refractivity contribution in [2.24, 2.45) is 0 Å². The van der Waals surface area contributed by atoms with E-state index < -0.39 is 4.92 Å². The molecule has 2 aromatic carbocycles. The summed E-state index contributed by atoms with van der Waals surface area (Å²) >= 11 is 19.0. The molecule has 0 spiro atoms. The van der Waals surface area contributed by atoms with Crippen LogP contribution in [0.4, 0.5) is 11.4 Å². The van der Waals surface area contributed by atoms with Gasteiger partial charge >= 0.3 is 0 Å². The molecular weight excluding hydrogens is 343 g/mol. The van der Waals surface area contributed by atoms with Gasteiger partial charge < -0.3 is 4.72 Å². The van der Waals surface area contributed by atoms with Crippen LogP contribution in [0.5, 0.6) is 0 Å². The third-order valence-corrected chi connectivity index (χ3v) is 4.33. The van der Waals surface area contributed by atoms with Crippen molar-refractivity contribution in [2.75, 3.05) is 4.72 Å². The molecule has 104 valence electrons. The molecular formula is C12H7Cl3N2O2S. The Morgan fingerprint density at radius 1 is 1.10 bits per heavy atom. The van der Waals surface area contributed by atoms with Gasteiger partial charge in [-0.05, 0) is 30.1 Å². The van der Waals surface area contributed by atoms with Crippen LogP contribution in [0.25, 0.3) is 0 Å². The minimum absolute atomic E-state index is 0.0267. The molecule has 0 fully saturated rings. The van der Waals surface area contributed by atoms with Crippen LogP contribution in [0, 0.1) is 10.1 Å². The molecule has 0 aliphatic carbocycles. The highest BCUT2D eigenvalue weighted by molar-refractivity contribution is 8.00. The van der Waals surface area contributed by atoms with Gasteiger partial charge in [-0.15, -0.1) is 0 Å². The van der Waals surface area contributed by atoms with Crippen molar-refractivity contribution in [3.63, 3.8) is 0 Å². The highest BCUT2D eigenvalue weighted by Crippen LogP contribution is 2.38. The van der Waals surface area contributed by atoms with E-state index in [1.807, 2.05) is 0 Å². The quantitative estimate of drug-likeness (QED) is 0.438. The molecule has 0 unspecified atom stereocenters. The van der Waals surface area contributed by atoms with E-state index in [0.29, 0.717) is 25.7 Å². The number of anilines is 1. The van der Waals surface area contributed by atoms with Gasteiger partial charge in [0.25, 0.3) is 5.69 Å². The van der Waals surface area contributed by atoms with Gasteiger partial charge in [-0.1, -0.05) is 46.9 Å². The summed E-state index contributed by atoms with van der Waals surface area (Å²) in [5.74, 6) is 0. The van der Waals surface area contributed by atoms with Crippen molar-refractivity contribution in [3.05, 3.63) is 61.6 Å². The van der Waals surface area contributed by atoms with E-state index in [1.165, 1.54) is 6.07 Å². The summed E-state index contributed by atoms with van der Waals surface area (Å²) in [6, 6.07) is 9.41. The van der Waals surface area contributed by atoms with Crippen LogP contribution >= 0.6 is 46.8 Å². The first kappa shape index (κ1) is 15.3. The molecule has 0 saturated heterocycles. The van der Waals surface area contributed by atoms with Crippen LogP contribution in [-0.2, 0) is 0 Å². The molecule has 2 aromatic rings. The Bertz CT molecular complexity index is 644. The molecule has 0 atom stereocenters. The van der Waals surface area contributed by atoms with Crippen molar-refractivity contribution in [1.82, 2.24) is 0 Å². The minimum atomic E-state index is -0.464. The van der Waals surface area contributed by atoms with Crippen LogP contribution in [0.1, 0.15) is 0 Å². The first-order valence-electron chi connectivity index (χ1n) is 5.30. The van der Waals surface area contributed by atoms with Crippen molar-refractivity contribution in [1.29, 1.82) is 0 Å². The average molecular weight is 350 g/mol. The normalized spacial score (nSPS) is 10.3. The molecule has 8 heteroatoms. The molecule has 0 saturated carbocycles. The predicted molar refractivity (Wildman–Crippen MR) is 84.0 cm³/mol. The molecule has 0 aliphatic rings. The van der Waals surface area contributed by atoms with Crippen LogP contribution in [-0.4, -0.2) is 4.92 Å². The second kappa shape index (κ2) is 6.54. The van der Waals surface area contributed by atoms with Crippen LogP contribution in [0.3, 0.4) is 0 Å². The fourth-order valence-corrected chi connectivity index (χ4v) is 3.20. The second-order valence-electron chi connectivity index (χ2n) is 3.68. The lowest BCUT2D eigenvalue weighted by atomic mass is 10.3. The van der Waals surface area contributed by atoms with Crippen molar-refractivity contribution in [3.8, 4) is 0 Å². The fourth-order valence-electron chi connectivity index (χ4n) is 1.45. The Labute approximate surface area is 134 Å². The van der Waals surface area contributed by atoms with Gasteiger partial charge in [0.2, 0.25) is 0 Å². The van der Waals surface area contributed by atoms with Gasteiger partial charge in [0.1, 0.15) is 5.69 Å². The zero-order chi connectivity index (χ0) is 14.7. The summed E-state index contributed by atoms with van der Waals surface area (Å²) in [6.07, 6.45) is 0. The maximum atomic E-state index is 10.9. The molecule has 2 rings (SSSR count). The number of halogens is 3. The van der Waals surface area contributed by atoms with Crippen molar-refractivity contribution < 1.29 is 4.92 Å². The molecule has 0 amide bonds. The molecule has 4 nitrogen and oxygen atoms in total. The number of rotatable bonds is 4. The summed E-state index contributed by atoms with van der Waals surface area (Å²) in [6.45, 7) is 0. The lowest BCUT2D eigenvalue weighted by Gasteiger charge is -2.09. The van der Waals surface area contributed by atoms with Gasteiger partial charge in [-0.3, -0.25) is 10.1 Å². The van der Waals surface area contributed by atoms with Crippen LogP contribution in [0.15, 0.2) is 41.3 Å². The van der Waals surface area contributed by atoms with E-state index in [1.54, 1.807) is 30.3 Å². The van der Waals surface area contributed by atoms with E-state index >= 15 is 0 Å². The zero-order valence-electron chi connectivity index (χ0n) is 9.77. The summed E-state index contributed by atoms with van der Waals surface area (Å²) in [5.41, 5.74) is 0.339. The smallest absolute Gasteiger partial charge is 0.293 e. The highest BCUT2D eigenvalue weighted by Gasteiger charge is 2.14. The largest absolute Gasteiger partial charge is 0.320 e. The maximum absolute atomic E-state index is 10.9. The second-order valence-corrected chi connectivity index (χ2v) is 5.74. The van der Waals surface area contributed by atoms with Gasteiger partial charge in [-0.25, -0.2) is 0 Å². The number of nitrogens with zero attached hydrogens (tertiary/aromatic N) is 1. The number of hydrogen-bond acceptors (Lipinski definition) is 4. The van der Waals surface area contributed by atoms with E-state index in [0.717, 1.165) is 11.9 Å². The Kier molecular flexibility index (Phi) is 4.99. The molecule has 0 aromatic heterocycles. The average Bonchev–Trinajstić information content (AvgIpc) is 2.37. The van der Waals surface area contributed by atoms with Crippen LogP contribution < -0.4 is 4.72 Å². The number of para-hydroxylation sites is 2. The minimum Gasteiger partial charge on any atom is -0.320 e. The Morgan fingerprint density at radius 2 is 1.70 bits per heavy atom. The lowest BCUT2D eigenvalue weighted by molar-refractivity contribution is -0.383. The van der Waals surface area contributed by atoms with E-state index in [-0.39, 0.29) is 5.69 Å². The van der Waals surface area contributed by atoms with Gasteiger partial charge in [0.15, 0.2) is 0 Å². The summed E-state index contributed by atoms with van der Waals surface area (Å²) in [4.78, 5) is 11.0. The first-order valence-corrected chi connectivity index (χ1v) is 7.25. The van der Waals surface area contributed by atoms with E-state index in [9.17, 15) is 10.1 Å². The number of nitrogens with one attached hydrogen (secondary N) is 1. The maximum Gasteiger partial charge on any atom is 0.293 e. The van der Waals surface area contributed by atoms with Crippen molar-refractivity contribution >= 4 is 58.1 Å². The molecule has 0 heterocycles. The zero-order valence-corrected chi connectivity index (χ0v) is 12.9. The predicted octanol–water partition coefficient (Wildman–Crippen LogP) is 5.67. The monoisotopic (exact) mass is 348 g/mol. The Hall–Kier alpha value is -1.14. The number of nitro groups is 1. The third-order valence-electron chi connectivity index (χ3n) is 2.33. The third kappa shape index (κ3) is 3.49.